The van der Waals surface area contributed by atoms with Crippen LogP contribution in [0, 0.1) is 13.8 Å². The second kappa shape index (κ2) is 9.26. The molecule has 1 unspecified atom stereocenters. The smallest absolute Gasteiger partial charge is 0.262 e. The number of hydrogen-bond donors (Lipinski definition) is 1. The molecule has 2 heterocycles. The Morgan fingerprint density at radius 1 is 1.09 bits per heavy atom. The lowest BCUT2D eigenvalue weighted by atomic mass is 10.0. The van der Waals surface area contributed by atoms with Crippen LogP contribution >= 0.6 is 23.1 Å². The van der Waals surface area contributed by atoms with Crippen LogP contribution in [0.2, 0.25) is 0 Å². The number of carbonyl (C=O) groups excluding carboxylic acids is 3. The van der Waals surface area contributed by atoms with Gasteiger partial charge >= 0.3 is 0 Å². The van der Waals surface area contributed by atoms with E-state index in [0.717, 1.165) is 27.3 Å². The van der Waals surface area contributed by atoms with Gasteiger partial charge in [-0.05, 0) is 56.0 Å². The summed E-state index contributed by atoms with van der Waals surface area (Å²) in [6.07, 6.45) is 2.29. The number of thiazole rings is 1. The average molecular weight is 466 g/mol. The summed E-state index contributed by atoms with van der Waals surface area (Å²) in [6.45, 7) is 4.05. The topological polar surface area (TPSA) is 79.4 Å². The maximum absolute atomic E-state index is 13.2. The Balaban J connectivity index is 1.58. The van der Waals surface area contributed by atoms with Crippen LogP contribution in [0.3, 0.4) is 0 Å². The van der Waals surface area contributed by atoms with Crippen molar-refractivity contribution < 1.29 is 14.4 Å². The zero-order valence-corrected chi connectivity index (χ0v) is 19.7. The van der Waals surface area contributed by atoms with E-state index in [4.69, 9.17) is 0 Å². The number of carbonyl (C=O) groups is 3. The Labute approximate surface area is 195 Å². The molecule has 0 fully saturated rings. The molecule has 164 valence electrons. The number of fused-ring (bicyclic) bond motifs is 1. The molecule has 1 aliphatic rings. The van der Waals surface area contributed by atoms with E-state index >= 15 is 0 Å². The van der Waals surface area contributed by atoms with E-state index in [1.165, 1.54) is 11.3 Å². The number of aromatic nitrogens is 1. The first-order valence-electron chi connectivity index (χ1n) is 10.2. The molecule has 6 nitrogen and oxygen atoms in total. The number of amides is 3. The molecule has 1 aliphatic heterocycles. The Morgan fingerprint density at radius 2 is 1.78 bits per heavy atom. The minimum Gasteiger partial charge on any atom is -0.300 e. The number of benzene rings is 2. The van der Waals surface area contributed by atoms with E-state index in [9.17, 15) is 14.4 Å². The molecule has 1 atom stereocenters. The summed E-state index contributed by atoms with van der Waals surface area (Å²) in [7, 11) is 0. The highest BCUT2D eigenvalue weighted by molar-refractivity contribution is 7.98. The van der Waals surface area contributed by atoms with E-state index in [2.05, 4.69) is 16.4 Å². The molecule has 4 rings (SSSR count). The summed E-state index contributed by atoms with van der Waals surface area (Å²) < 4.78 is 0. The van der Waals surface area contributed by atoms with Gasteiger partial charge in [0, 0.05) is 10.9 Å². The van der Waals surface area contributed by atoms with Crippen molar-refractivity contribution in [1.82, 2.24) is 9.88 Å². The van der Waals surface area contributed by atoms with Crippen molar-refractivity contribution in [2.24, 2.45) is 0 Å². The summed E-state index contributed by atoms with van der Waals surface area (Å²) in [6, 6.07) is 11.9. The minimum atomic E-state index is -0.900. The highest BCUT2D eigenvalue weighted by Gasteiger charge is 2.42. The van der Waals surface area contributed by atoms with Crippen LogP contribution in [-0.4, -0.2) is 45.7 Å². The largest absolute Gasteiger partial charge is 0.300 e. The summed E-state index contributed by atoms with van der Waals surface area (Å²) in [5.41, 5.74) is 4.71. The van der Waals surface area contributed by atoms with Crippen LogP contribution in [-0.2, 0) is 4.79 Å². The second-order valence-electron chi connectivity index (χ2n) is 7.67. The Bertz CT molecular complexity index is 1170. The van der Waals surface area contributed by atoms with Crippen LogP contribution in [0.1, 0.15) is 38.3 Å². The predicted molar refractivity (Wildman–Crippen MR) is 129 cm³/mol. The van der Waals surface area contributed by atoms with Gasteiger partial charge in [0.1, 0.15) is 6.04 Å². The number of thioether (sulfide) groups is 1. The van der Waals surface area contributed by atoms with Crippen molar-refractivity contribution >= 4 is 46.0 Å². The van der Waals surface area contributed by atoms with Gasteiger partial charge < -0.3 is 5.32 Å². The molecule has 2 aromatic carbocycles. The fourth-order valence-electron chi connectivity index (χ4n) is 3.75. The highest BCUT2D eigenvalue weighted by atomic mass is 32.2. The van der Waals surface area contributed by atoms with Gasteiger partial charge in [0.2, 0.25) is 5.91 Å². The lowest BCUT2D eigenvalue weighted by Gasteiger charge is -2.24. The molecule has 1 N–H and O–H groups in total. The number of hydrogen-bond acceptors (Lipinski definition) is 6. The van der Waals surface area contributed by atoms with Crippen molar-refractivity contribution in [2.75, 3.05) is 17.3 Å². The molecule has 3 amide bonds. The fraction of sp³-hybridized carbons (Fsp3) is 0.250. The molecule has 8 heteroatoms. The number of nitrogens with zero attached hydrogens (tertiary/aromatic N) is 2. The van der Waals surface area contributed by atoms with E-state index < -0.39 is 23.8 Å². The van der Waals surface area contributed by atoms with Crippen LogP contribution in [0.25, 0.3) is 11.3 Å². The standard InChI is InChI=1S/C24H23N3O3S2/c1-14-8-9-15(2)18(12-14)19-13-32-24(25-19)26-21(28)20(10-11-31-3)27-22(29)16-6-4-5-7-17(16)23(27)30/h4-9,12-13,20H,10-11H2,1-3H3,(H,25,26,28). The zero-order chi connectivity index (χ0) is 22.8. The third-order valence-corrected chi connectivity index (χ3v) is 6.84. The Hall–Kier alpha value is -2.97. The summed E-state index contributed by atoms with van der Waals surface area (Å²) in [4.78, 5) is 44.8. The number of rotatable bonds is 7. The van der Waals surface area contributed by atoms with Gasteiger partial charge in [-0.3, -0.25) is 19.3 Å². The maximum atomic E-state index is 13.2. The van der Waals surface area contributed by atoms with E-state index in [1.807, 2.05) is 37.6 Å². The third kappa shape index (κ3) is 4.20. The first-order chi connectivity index (χ1) is 15.4. The molecule has 0 aliphatic carbocycles. The molecule has 0 bridgehead atoms. The second-order valence-corrected chi connectivity index (χ2v) is 9.51. The van der Waals surface area contributed by atoms with Gasteiger partial charge in [0.05, 0.1) is 16.8 Å². The molecule has 3 aromatic rings. The van der Waals surface area contributed by atoms with Crippen LogP contribution in [0.4, 0.5) is 5.13 Å². The van der Waals surface area contributed by atoms with Gasteiger partial charge in [0.15, 0.2) is 5.13 Å². The van der Waals surface area contributed by atoms with Crippen molar-refractivity contribution in [3.63, 3.8) is 0 Å². The molecular formula is C24H23N3O3S2. The normalized spacial score (nSPS) is 13.9. The SMILES string of the molecule is CSCCC(C(=O)Nc1nc(-c2cc(C)ccc2C)cs1)N1C(=O)c2ccccc2C1=O. The molecule has 0 saturated carbocycles. The summed E-state index contributed by atoms with van der Waals surface area (Å²) in [5.74, 6) is -0.628. The van der Waals surface area contributed by atoms with E-state index in [0.29, 0.717) is 28.4 Å². The maximum Gasteiger partial charge on any atom is 0.262 e. The molecule has 0 radical (unpaired) electrons. The number of imide groups is 1. The molecule has 0 saturated heterocycles. The quantitative estimate of drug-likeness (QED) is 0.508. The fourth-order valence-corrected chi connectivity index (χ4v) is 4.93. The number of nitrogens with one attached hydrogen (secondary N) is 1. The van der Waals surface area contributed by atoms with Crippen LogP contribution in [0.5, 0.6) is 0 Å². The van der Waals surface area contributed by atoms with Crippen molar-refractivity contribution in [2.45, 2.75) is 26.3 Å². The number of anilines is 1. The van der Waals surface area contributed by atoms with E-state index in [-0.39, 0.29) is 0 Å². The monoisotopic (exact) mass is 465 g/mol. The van der Waals surface area contributed by atoms with Crippen molar-refractivity contribution in [3.8, 4) is 11.3 Å². The lowest BCUT2D eigenvalue weighted by Crippen LogP contribution is -2.47. The molecular weight excluding hydrogens is 442 g/mol. The highest BCUT2D eigenvalue weighted by Crippen LogP contribution is 2.30. The summed E-state index contributed by atoms with van der Waals surface area (Å²) in [5, 5.41) is 5.17. The van der Waals surface area contributed by atoms with Gasteiger partial charge in [0.25, 0.3) is 11.8 Å². The van der Waals surface area contributed by atoms with Gasteiger partial charge in [-0.2, -0.15) is 11.8 Å². The summed E-state index contributed by atoms with van der Waals surface area (Å²) >= 11 is 2.88. The minimum absolute atomic E-state index is 0.339. The van der Waals surface area contributed by atoms with Crippen LogP contribution in [0.15, 0.2) is 47.8 Å². The van der Waals surface area contributed by atoms with E-state index in [1.54, 1.807) is 36.0 Å². The first-order valence-corrected chi connectivity index (χ1v) is 12.5. The van der Waals surface area contributed by atoms with Gasteiger partial charge in [-0.15, -0.1) is 11.3 Å². The Kier molecular flexibility index (Phi) is 6.43. The Morgan fingerprint density at radius 3 is 2.44 bits per heavy atom. The third-order valence-electron chi connectivity index (χ3n) is 5.44. The van der Waals surface area contributed by atoms with Crippen molar-refractivity contribution in [1.29, 1.82) is 0 Å². The van der Waals surface area contributed by atoms with Gasteiger partial charge in [-0.1, -0.05) is 29.8 Å². The predicted octanol–water partition coefficient (Wildman–Crippen LogP) is 4.78. The zero-order valence-electron chi connectivity index (χ0n) is 18.0. The molecule has 32 heavy (non-hydrogen) atoms. The lowest BCUT2D eigenvalue weighted by molar-refractivity contribution is -0.120. The van der Waals surface area contributed by atoms with Gasteiger partial charge in [-0.25, -0.2) is 4.98 Å². The van der Waals surface area contributed by atoms with Crippen molar-refractivity contribution in [3.05, 3.63) is 70.1 Å². The number of aryl methyl sites for hydroxylation is 2. The first kappa shape index (κ1) is 22.2. The average Bonchev–Trinajstić information content (AvgIpc) is 3.34. The van der Waals surface area contributed by atoms with Crippen LogP contribution < -0.4 is 5.32 Å². The molecule has 0 spiro atoms. The molecule has 1 aromatic heterocycles.